The standard InChI is InChI=1S/C15H18N4O/c1-10-4-5-17-7-11(10)8-18-15(20)14-6-12(16)9-19(14)13-2-3-13/h4-7,9,13H,2-3,8,16H2,1H3,(H,18,20). The van der Waals surface area contributed by atoms with Gasteiger partial charge in [-0.3, -0.25) is 9.78 Å². The van der Waals surface area contributed by atoms with Crippen LogP contribution < -0.4 is 11.1 Å². The number of nitrogens with zero attached hydrogens (tertiary/aromatic N) is 2. The van der Waals surface area contributed by atoms with Gasteiger partial charge in [0, 0.05) is 31.2 Å². The number of pyridine rings is 1. The number of aryl methyl sites for hydroxylation is 1. The zero-order valence-electron chi connectivity index (χ0n) is 11.5. The van der Waals surface area contributed by atoms with Crippen molar-refractivity contribution in [2.45, 2.75) is 32.4 Å². The van der Waals surface area contributed by atoms with E-state index >= 15 is 0 Å². The number of hydrogen-bond acceptors (Lipinski definition) is 3. The summed E-state index contributed by atoms with van der Waals surface area (Å²) in [5.41, 5.74) is 9.24. The second-order valence-electron chi connectivity index (χ2n) is 5.28. The number of amides is 1. The first-order chi connectivity index (χ1) is 9.65. The highest BCUT2D eigenvalue weighted by Gasteiger charge is 2.27. The third kappa shape index (κ3) is 2.52. The molecule has 3 rings (SSSR count). The van der Waals surface area contributed by atoms with E-state index in [-0.39, 0.29) is 5.91 Å². The highest BCUT2D eigenvalue weighted by atomic mass is 16.1. The first-order valence-electron chi connectivity index (χ1n) is 6.80. The first kappa shape index (κ1) is 12.7. The summed E-state index contributed by atoms with van der Waals surface area (Å²) in [5, 5.41) is 2.94. The molecule has 5 heteroatoms. The molecular formula is C15H18N4O. The lowest BCUT2D eigenvalue weighted by atomic mass is 10.1. The van der Waals surface area contributed by atoms with Crippen molar-refractivity contribution < 1.29 is 4.79 Å². The summed E-state index contributed by atoms with van der Waals surface area (Å²) in [7, 11) is 0. The van der Waals surface area contributed by atoms with Gasteiger partial charge in [-0.15, -0.1) is 0 Å². The Morgan fingerprint density at radius 1 is 1.55 bits per heavy atom. The molecule has 1 aliphatic rings. The zero-order chi connectivity index (χ0) is 14.1. The quantitative estimate of drug-likeness (QED) is 0.893. The Balaban J connectivity index is 1.72. The van der Waals surface area contributed by atoms with Crippen LogP contribution in [0.4, 0.5) is 5.69 Å². The molecule has 2 aromatic rings. The van der Waals surface area contributed by atoms with Crippen LogP contribution in [-0.2, 0) is 6.54 Å². The number of carbonyl (C=O) groups excluding carboxylic acids is 1. The van der Waals surface area contributed by atoms with Crippen molar-refractivity contribution in [1.82, 2.24) is 14.9 Å². The molecule has 0 aliphatic heterocycles. The Morgan fingerprint density at radius 3 is 3.05 bits per heavy atom. The lowest BCUT2D eigenvalue weighted by Crippen LogP contribution is -2.25. The van der Waals surface area contributed by atoms with Gasteiger partial charge >= 0.3 is 0 Å². The van der Waals surface area contributed by atoms with Crippen LogP contribution in [-0.4, -0.2) is 15.5 Å². The van der Waals surface area contributed by atoms with E-state index in [2.05, 4.69) is 10.3 Å². The fourth-order valence-electron chi connectivity index (χ4n) is 2.29. The van der Waals surface area contributed by atoms with Gasteiger partial charge in [-0.25, -0.2) is 0 Å². The van der Waals surface area contributed by atoms with Crippen LogP contribution in [0.15, 0.2) is 30.7 Å². The average Bonchev–Trinajstić information content (AvgIpc) is 3.20. The second kappa shape index (κ2) is 5.00. The lowest BCUT2D eigenvalue weighted by Gasteiger charge is -2.09. The summed E-state index contributed by atoms with van der Waals surface area (Å²) in [6.45, 7) is 2.49. The van der Waals surface area contributed by atoms with E-state index in [1.54, 1.807) is 18.5 Å². The van der Waals surface area contributed by atoms with E-state index in [1.165, 1.54) is 0 Å². The van der Waals surface area contributed by atoms with Gasteiger partial charge in [-0.2, -0.15) is 0 Å². The Hall–Kier alpha value is -2.30. The summed E-state index contributed by atoms with van der Waals surface area (Å²) in [4.78, 5) is 16.4. The van der Waals surface area contributed by atoms with E-state index in [9.17, 15) is 4.79 Å². The van der Waals surface area contributed by atoms with Crippen LogP contribution in [0.3, 0.4) is 0 Å². The summed E-state index contributed by atoms with van der Waals surface area (Å²) in [6, 6.07) is 4.11. The minimum absolute atomic E-state index is 0.0862. The monoisotopic (exact) mass is 270 g/mol. The van der Waals surface area contributed by atoms with Crippen molar-refractivity contribution in [2.75, 3.05) is 5.73 Å². The minimum atomic E-state index is -0.0862. The second-order valence-corrected chi connectivity index (χ2v) is 5.28. The molecule has 1 amide bonds. The van der Waals surface area contributed by atoms with Crippen LogP contribution in [0.2, 0.25) is 0 Å². The molecule has 104 valence electrons. The summed E-state index contributed by atoms with van der Waals surface area (Å²) in [6.07, 6.45) is 7.62. The summed E-state index contributed by atoms with van der Waals surface area (Å²) < 4.78 is 1.99. The molecule has 5 nitrogen and oxygen atoms in total. The SMILES string of the molecule is Cc1ccncc1CNC(=O)c1cc(N)cn1C1CC1. The molecule has 2 heterocycles. The van der Waals surface area contributed by atoms with Crippen LogP contribution in [0, 0.1) is 6.92 Å². The van der Waals surface area contributed by atoms with Crippen molar-refractivity contribution >= 4 is 11.6 Å². The van der Waals surface area contributed by atoms with Crippen molar-refractivity contribution in [3.05, 3.63) is 47.5 Å². The Bertz CT molecular complexity index is 643. The number of hydrogen-bond donors (Lipinski definition) is 2. The molecule has 0 atom stereocenters. The van der Waals surface area contributed by atoms with E-state index in [0.29, 0.717) is 24.0 Å². The predicted octanol–water partition coefficient (Wildman–Crippen LogP) is 2.04. The number of nitrogens with one attached hydrogen (secondary N) is 1. The number of aromatic nitrogens is 2. The molecule has 0 spiro atoms. The molecule has 1 aliphatic carbocycles. The molecule has 1 fully saturated rings. The fraction of sp³-hybridized carbons (Fsp3) is 0.333. The third-order valence-corrected chi connectivity index (χ3v) is 3.63. The maximum absolute atomic E-state index is 12.3. The first-order valence-corrected chi connectivity index (χ1v) is 6.80. The number of carbonyl (C=O) groups is 1. The van der Waals surface area contributed by atoms with Gasteiger partial charge in [0.1, 0.15) is 5.69 Å². The third-order valence-electron chi connectivity index (χ3n) is 3.63. The van der Waals surface area contributed by atoms with Crippen LogP contribution in [0.1, 0.15) is 40.5 Å². The van der Waals surface area contributed by atoms with Crippen LogP contribution >= 0.6 is 0 Å². The molecule has 0 aromatic carbocycles. The van der Waals surface area contributed by atoms with Gasteiger partial charge in [0.15, 0.2) is 0 Å². The Kier molecular flexibility index (Phi) is 3.18. The molecule has 2 aromatic heterocycles. The number of rotatable bonds is 4. The molecule has 20 heavy (non-hydrogen) atoms. The summed E-state index contributed by atoms with van der Waals surface area (Å²) >= 11 is 0. The largest absolute Gasteiger partial charge is 0.397 e. The van der Waals surface area contributed by atoms with Gasteiger partial charge in [-0.05, 0) is 43.0 Å². The number of nitrogen functional groups attached to an aromatic ring is 1. The molecular weight excluding hydrogens is 252 g/mol. The van der Waals surface area contributed by atoms with Gasteiger partial charge in [-0.1, -0.05) is 0 Å². The number of anilines is 1. The smallest absolute Gasteiger partial charge is 0.268 e. The average molecular weight is 270 g/mol. The highest BCUT2D eigenvalue weighted by molar-refractivity contribution is 5.93. The van der Waals surface area contributed by atoms with Crippen LogP contribution in [0.25, 0.3) is 0 Å². The van der Waals surface area contributed by atoms with Crippen molar-refractivity contribution in [3.63, 3.8) is 0 Å². The molecule has 0 bridgehead atoms. The van der Waals surface area contributed by atoms with E-state index in [4.69, 9.17) is 5.73 Å². The Labute approximate surface area is 117 Å². The van der Waals surface area contributed by atoms with Gasteiger partial charge in [0.2, 0.25) is 0 Å². The van der Waals surface area contributed by atoms with Crippen molar-refractivity contribution in [3.8, 4) is 0 Å². The lowest BCUT2D eigenvalue weighted by molar-refractivity contribution is 0.0941. The van der Waals surface area contributed by atoms with Gasteiger partial charge in [0.05, 0.1) is 5.69 Å². The van der Waals surface area contributed by atoms with Crippen LogP contribution in [0.5, 0.6) is 0 Å². The summed E-state index contributed by atoms with van der Waals surface area (Å²) in [5.74, 6) is -0.0862. The van der Waals surface area contributed by atoms with E-state index in [0.717, 1.165) is 24.0 Å². The molecule has 0 radical (unpaired) electrons. The topological polar surface area (TPSA) is 72.9 Å². The maximum Gasteiger partial charge on any atom is 0.268 e. The molecule has 3 N–H and O–H groups in total. The molecule has 0 unspecified atom stereocenters. The molecule has 1 saturated carbocycles. The van der Waals surface area contributed by atoms with Crippen molar-refractivity contribution in [1.29, 1.82) is 0 Å². The Morgan fingerprint density at radius 2 is 2.35 bits per heavy atom. The highest BCUT2D eigenvalue weighted by Crippen LogP contribution is 2.37. The predicted molar refractivity (Wildman–Crippen MR) is 77.3 cm³/mol. The number of nitrogens with two attached hydrogens (primary N) is 1. The van der Waals surface area contributed by atoms with E-state index < -0.39 is 0 Å². The van der Waals surface area contributed by atoms with Gasteiger partial charge < -0.3 is 15.6 Å². The van der Waals surface area contributed by atoms with E-state index in [1.807, 2.05) is 23.8 Å². The molecule has 0 saturated heterocycles. The van der Waals surface area contributed by atoms with Crippen molar-refractivity contribution in [2.24, 2.45) is 0 Å². The van der Waals surface area contributed by atoms with Gasteiger partial charge in [0.25, 0.3) is 5.91 Å². The minimum Gasteiger partial charge on any atom is -0.397 e. The fourth-order valence-corrected chi connectivity index (χ4v) is 2.29. The normalized spacial score (nSPS) is 14.2. The zero-order valence-corrected chi connectivity index (χ0v) is 11.5. The maximum atomic E-state index is 12.3.